The molecule has 6 heteroatoms. The summed E-state index contributed by atoms with van der Waals surface area (Å²) in [6.45, 7) is 0.693. The van der Waals surface area contributed by atoms with Crippen molar-refractivity contribution < 1.29 is 9.18 Å². The van der Waals surface area contributed by atoms with E-state index >= 15 is 0 Å². The number of amides is 2. The Labute approximate surface area is 142 Å². The van der Waals surface area contributed by atoms with Crippen molar-refractivity contribution in [1.82, 2.24) is 9.88 Å². The molecule has 2 amide bonds. The van der Waals surface area contributed by atoms with Gasteiger partial charge in [0.25, 0.3) is 0 Å². The number of carbonyl (C=O) groups is 1. The van der Waals surface area contributed by atoms with Crippen molar-refractivity contribution in [1.29, 1.82) is 0 Å². The molecule has 0 aliphatic carbocycles. The van der Waals surface area contributed by atoms with Crippen molar-refractivity contribution >= 4 is 32.7 Å². The molecule has 1 fully saturated rings. The van der Waals surface area contributed by atoms with Gasteiger partial charge in [0, 0.05) is 6.54 Å². The summed E-state index contributed by atoms with van der Waals surface area (Å²) >= 11 is 1.46. The molecule has 122 valence electrons. The normalized spacial score (nSPS) is 17.4. The maximum absolute atomic E-state index is 13.1. The number of nitrogens with zero attached hydrogens (tertiary/aromatic N) is 2. The van der Waals surface area contributed by atoms with Crippen LogP contribution in [0.25, 0.3) is 10.2 Å². The summed E-state index contributed by atoms with van der Waals surface area (Å²) < 4.78 is 14.2. The topological polar surface area (TPSA) is 45.2 Å². The van der Waals surface area contributed by atoms with Gasteiger partial charge in [-0.05, 0) is 42.7 Å². The standard InChI is InChI=1S/C18H16FN3OS/c19-13-9-7-12(8-10-13)15-5-3-11-22(15)18(23)21-17-20-14-4-1-2-6-16(14)24-17/h1-2,4,6-10,15H,3,5,11H2,(H,20,21,23)/t15-/m0/s1. The fraction of sp³-hybridized carbons (Fsp3) is 0.222. The molecule has 3 aromatic rings. The molecule has 24 heavy (non-hydrogen) atoms. The van der Waals surface area contributed by atoms with Crippen molar-refractivity contribution in [2.75, 3.05) is 11.9 Å². The quantitative estimate of drug-likeness (QED) is 0.727. The van der Waals surface area contributed by atoms with E-state index in [0.29, 0.717) is 11.7 Å². The van der Waals surface area contributed by atoms with E-state index in [1.165, 1.54) is 23.5 Å². The first-order valence-electron chi connectivity index (χ1n) is 7.89. The Morgan fingerprint density at radius 2 is 2.00 bits per heavy atom. The summed E-state index contributed by atoms with van der Waals surface area (Å²) in [5, 5.41) is 3.51. The molecule has 0 spiro atoms. The lowest BCUT2D eigenvalue weighted by atomic mass is 10.0. The van der Waals surface area contributed by atoms with Gasteiger partial charge in [-0.25, -0.2) is 14.2 Å². The van der Waals surface area contributed by atoms with Gasteiger partial charge in [0.2, 0.25) is 0 Å². The first-order chi connectivity index (χ1) is 11.7. The summed E-state index contributed by atoms with van der Waals surface area (Å²) in [5.41, 5.74) is 1.85. The Kier molecular flexibility index (Phi) is 3.90. The average Bonchev–Trinajstić information content (AvgIpc) is 3.21. The lowest BCUT2D eigenvalue weighted by molar-refractivity contribution is 0.207. The number of benzene rings is 2. The highest BCUT2D eigenvalue weighted by atomic mass is 32.1. The molecule has 4 nitrogen and oxygen atoms in total. The van der Waals surface area contributed by atoms with Crippen molar-refractivity contribution in [3.63, 3.8) is 0 Å². The molecule has 2 aromatic carbocycles. The van der Waals surface area contributed by atoms with Gasteiger partial charge in [-0.15, -0.1) is 0 Å². The van der Waals surface area contributed by atoms with E-state index in [9.17, 15) is 9.18 Å². The minimum Gasteiger partial charge on any atom is -0.317 e. The van der Waals surface area contributed by atoms with E-state index in [0.717, 1.165) is 28.6 Å². The van der Waals surface area contributed by atoms with E-state index in [-0.39, 0.29) is 17.9 Å². The average molecular weight is 341 g/mol. The zero-order valence-corrected chi connectivity index (χ0v) is 13.7. The summed E-state index contributed by atoms with van der Waals surface area (Å²) in [7, 11) is 0. The number of hydrogen-bond donors (Lipinski definition) is 1. The molecule has 0 unspecified atom stereocenters. The highest BCUT2D eigenvalue weighted by Crippen LogP contribution is 2.33. The van der Waals surface area contributed by atoms with E-state index in [1.807, 2.05) is 24.3 Å². The first kappa shape index (κ1) is 15.1. The molecule has 4 rings (SSSR count). The maximum Gasteiger partial charge on any atom is 0.324 e. The van der Waals surface area contributed by atoms with Gasteiger partial charge in [-0.2, -0.15) is 0 Å². The number of para-hydroxylation sites is 1. The number of hydrogen-bond acceptors (Lipinski definition) is 3. The number of likely N-dealkylation sites (tertiary alicyclic amines) is 1. The van der Waals surface area contributed by atoms with E-state index < -0.39 is 0 Å². The molecule has 0 saturated carbocycles. The molecule has 1 N–H and O–H groups in total. The highest BCUT2D eigenvalue weighted by Gasteiger charge is 2.30. The Hall–Kier alpha value is -2.47. The Morgan fingerprint density at radius 3 is 2.79 bits per heavy atom. The summed E-state index contributed by atoms with van der Waals surface area (Å²) in [6, 6.07) is 14.0. The van der Waals surface area contributed by atoms with Crippen LogP contribution in [0, 0.1) is 5.82 Å². The zero-order chi connectivity index (χ0) is 16.5. The molecule has 1 aliphatic rings. The van der Waals surface area contributed by atoms with Crippen LogP contribution < -0.4 is 5.32 Å². The first-order valence-corrected chi connectivity index (χ1v) is 8.71. The van der Waals surface area contributed by atoms with Crippen LogP contribution in [-0.4, -0.2) is 22.5 Å². The molecule has 1 aliphatic heterocycles. The molecule has 1 saturated heterocycles. The molecule has 1 atom stereocenters. The van der Waals surface area contributed by atoms with Crippen molar-refractivity contribution in [3.8, 4) is 0 Å². The third-order valence-corrected chi connectivity index (χ3v) is 5.23. The Morgan fingerprint density at radius 1 is 1.21 bits per heavy atom. The lowest BCUT2D eigenvalue weighted by Crippen LogP contribution is -2.34. The van der Waals surface area contributed by atoms with Gasteiger partial charge in [0.1, 0.15) is 5.82 Å². The predicted octanol–water partition coefficient (Wildman–Crippen LogP) is 4.80. The highest BCUT2D eigenvalue weighted by molar-refractivity contribution is 7.22. The van der Waals surface area contributed by atoms with Crippen LogP contribution in [0.5, 0.6) is 0 Å². The number of halogens is 1. The number of fused-ring (bicyclic) bond motifs is 1. The lowest BCUT2D eigenvalue weighted by Gasteiger charge is -2.24. The zero-order valence-electron chi connectivity index (χ0n) is 12.9. The summed E-state index contributed by atoms with van der Waals surface area (Å²) in [6.07, 6.45) is 1.83. The van der Waals surface area contributed by atoms with Gasteiger partial charge in [-0.1, -0.05) is 35.6 Å². The fourth-order valence-corrected chi connectivity index (χ4v) is 3.99. The van der Waals surface area contributed by atoms with Crippen molar-refractivity contribution in [2.24, 2.45) is 0 Å². The predicted molar refractivity (Wildman–Crippen MR) is 93.7 cm³/mol. The van der Waals surface area contributed by atoms with E-state index in [2.05, 4.69) is 10.3 Å². The van der Waals surface area contributed by atoms with Crippen LogP contribution in [0.1, 0.15) is 24.4 Å². The number of rotatable bonds is 2. The summed E-state index contributed by atoms with van der Waals surface area (Å²) in [5.74, 6) is -0.262. The number of thiazole rings is 1. The van der Waals surface area contributed by atoms with Gasteiger partial charge in [0.15, 0.2) is 5.13 Å². The molecule has 2 heterocycles. The van der Waals surface area contributed by atoms with Gasteiger partial charge in [0.05, 0.1) is 16.3 Å². The molecule has 0 radical (unpaired) electrons. The minimum absolute atomic E-state index is 0.0139. The number of urea groups is 1. The second-order valence-corrected chi connectivity index (χ2v) is 6.85. The smallest absolute Gasteiger partial charge is 0.317 e. The van der Waals surface area contributed by atoms with Gasteiger partial charge in [-0.3, -0.25) is 5.32 Å². The number of carbonyl (C=O) groups excluding carboxylic acids is 1. The van der Waals surface area contributed by atoms with Crippen LogP contribution in [0.15, 0.2) is 48.5 Å². The Balaban J connectivity index is 1.53. The second-order valence-electron chi connectivity index (χ2n) is 5.82. The number of aromatic nitrogens is 1. The minimum atomic E-state index is -0.262. The van der Waals surface area contributed by atoms with Gasteiger partial charge < -0.3 is 4.90 Å². The van der Waals surface area contributed by atoms with Crippen molar-refractivity contribution in [2.45, 2.75) is 18.9 Å². The van der Waals surface area contributed by atoms with Gasteiger partial charge >= 0.3 is 6.03 Å². The van der Waals surface area contributed by atoms with Crippen LogP contribution in [0.3, 0.4) is 0 Å². The van der Waals surface area contributed by atoms with Crippen LogP contribution in [-0.2, 0) is 0 Å². The summed E-state index contributed by atoms with van der Waals surface area (Å²) in [4.78, 5) is 18.9. The number of anilines is 1. The second kappa shape index (κ2) is 6.20. The largest absolute Gasteiger partial charge is 0.324 e. The van der Waals surface area contributed by atoms with Crippen molar-refractivity contribution in [3.05, 3.63) is 59.9 Å². The number of nitrogens with one attached hydrogen (secondary N) is 1. The molecular weight excluding hydrogens is 325 g/mol. The maximum atomic E-state index is 13.1. The molecular formula is C18H16FN3OS. The van der Waals surface area contributed by atoms with E-state index in [4.69, 9.17) is 0 Å². The fourth-order valence-electron chi connectivity index (χ4n) is 3.13. The third kappa shape index (κ3) is 2.85. The molecule has 0 bridgehead atoms. The Bertz CT molecular complexity index is 844. The van der Waals surface area contributed by atoms with E-state index in [1.54, 1.807) is 17.0 Å². The SMILES string of the molecule is O=C(Nc1nc2ccccc2s1)N1CCC[C@H]1c1ccc(F)cc1. The third-order valence-electron chi connectivity index (χ3n) is 4.28. The van der Waals surface area contributed by atoms with Crippen LogP contribution >= 0.6 is 11.3 Å². The monoisotopic (exact) mass is 341 g/mol. The molecule has 1 aromatic heterocycles. The van der Waals surface area contributed by atoms with Crippen LogP contribution in [0.4, 0.5) is 14.3 Å². The van der Waals surface area contributed by atoms with Crippen LogP contribution in [0.2, 0.25) is 0 Å².